The Kier molecular flexibility index (Phi) is 16.0. The molecule has 4 amide bonds. The Balaban J connectivity index is 1.79. The van der Waals surface area contributed by atoms with Gasteiger partial charge in [0.15, 0.2) is 0 Å². The Morgan fingerprint density at radius 1 is 0.812 bits per heavy atom. The second kappa shape index (κ2) is 19.9. The van der Waals surface area contributed by atoms with Crippen LogP contribution in [0.4, 0.5) is 0 Å². The van der Waals surface area contributed by atoms with Crippen LogP contribution in [0.15, 0.2) is 60.7 Å². The second-order valence-electron chi connectivity index (χ2n) is 13.1. The van der Waals surface area contributed by atoms with Gasteiger partial charge in [0.2, 0.25) is 23.6 Å². The van der Waals surface area contributed by atoms with Gasteiger partial charge in [-0.25, -0.2) is 0 Å². The number of carbonyl (C=O) groups excluding carboxylic acids is 4. The molecule has 9 N–H and O–H groups in total. The number of nitrogens with one attached hydrogen (secondary N) is 3. The van der Waals surface area contributed by atoms with Crippen molar-refractivity contribution in [3.05, 3.63) is 71.8 Å². The highest BCUT2D eigenvalue weighted by Gasteiger charge is 2.39. The van der Waals surface area contributed by atoms with E-state index >= 15 is 0 Å². The average Bonchev–Trinajstić information content (AvgIpc) is 3.07. The first kappa shape index (κ1) is 38.7. The third-order valence-corrected chi connectivity index (χ3v) is 8.63. The summed E-state index contributed by atoms with van der Waals surface area (Å²) in [4.78, 5) is 56.1. The molecule has 1 saturated heterocycles. The Morgan fingerprint density at radius 3 is 1.96 bits per heavy atom. The number of likely N-dealkylation sites (tertiary alicyclic amines) is 1. The lowest BCUT2D eigenvalue weighted by atomic mass is 9.73. The van der Waals surface area contributed by atoms with Crippen LogP contribution in [0.5, 0.6) is 0 Å². The number of rotatable bonds is 18. The van der Waals surface area contributed by atoms with Gasteiger partial charge in [-0.3, -0.25) is 19.2 Å². The molecule has 48 heavy (non-hydrogen) atoms. The number of carbonyl (C=O) groups is 4. The fourth-order valence-electron chi connectivity index (χ4n) is 6.04. The first-order valence-electron chi connectivity index (χ1n) is 17.1. The predicted molar refractivity (Wildman–Crippen MR) is 186 cm³/mol. The zero-order valence-electron chi connectivity index (χ0n) is 28.2. The van der Waals surface area contributed by atoms with Crippen molar-refractivity contribution in [3.63, 3.8) is 0 Å². The molecule has 1 aliphatic heterocycles. The minimum atomic E-state index is -1.69. The number of piperidine rings is 1. The minimum absolute atomic E-state index is 0.00455. The zero-order chi connectivity index (χ0) is 35.1. The zero-order valence-corrected chi connectivity index (χ0v) is 28.2. The molecule has 0 radical (unpaired) electrons. The average molecular weight is 665 g/mol. The van der Waals surface area contributed by atoms with Crippen LogP contribution >= 0.6 is 0 Å². The SMILES string of the molecule is CC(C)C[C@@H](NC(=O)[C@@H](Cc1ccccc1)NC(=O)[C@H](N)Cc1ccccc1)C(=O)N[C@H](CCCCN)C(=O)N1CCCC[C@H]1B(O)O. The highest BCUT2D eigenvalue weighted by Crippen LogP contribution is 2.20. The smallest absolute Gasteiger partial charge is 0.426 e. The summed E-state index contributed by atoms with van der Waals surface area (Å²) >= 11 is 0. The summed E-state index contributed by atoms with van der Waals surface area (Å²) in [6, 6.07) is 14.7. The van der Waals surface area contributed by atoms with E-state index < -0.39 is 60.9 Å². The van der Waals surface area contributed by atoms with Crippen molar-refractivity contribution in [2.24, 2.45) is 17.4 Å². The number of hydrogen-bond donors (Lipinski definition) is 7. The Labute approximate surface area is 284 Å². The number of nitrogens with zero attached hydrogens (tertiary/aromatic N) is 1. The number of unbranched alkanes of at least 4 members (excludes halogenated alkanes) is 1. The maximum absolute atomic E-state index is 13.9. The number of hydrogen-bond acceptors (Lipinski definition) is 8. The lowest BCUT2D eigenvalue weighted by molar-refractivity contribution is -0.139. The largest absolute Gasteiger partial charge is 0.475 e. The molecule has 2 aromatic carbocycles. The van der Waals surface area contributed by atoms with Crippen molar-refractivity contribution in [1.29, 1.82) is 0 Å². The first-order chi connectivity index (χ1) is 23.0. The van der Waals surface area contributed by atoms with E-state index in [1.165, 1.54) is 4.90 Å². The molecule has 5 atom stereocenters. The summed E-state index contributed by atoms with van der Waals surface area (Å²) in [6.07, 6.45) is 4.19. The summed E-state index contributed by atoms with van der Waals surface area (Å²) in [5.74, 6) is -2.73. The second-order valence-corrected chi connectivity index (χ2v) is 13.1. The fourth-order valence-corrected chi connectivity index (χ4v) is 6.04. The Hall–Kier alpha value is -3.78. The molecule has 0 aliphatic carbocycles. The van der Waals surface area contributed by atoms with Gasteiger partial charge in [-0.05, 0) is 68.5 Å². The summed E-state index contributed by atoms with van der Waals surface area (Å²) in [6.45, 7) is 4.61. The van der Waals surface area contributed by atoms with Gasteiger partial charge in [0, 0.05) is 13.0 Å². The van der Waals surface area contributed by atoms with Crippen molar-refractivity contribution in [1.82, 2.24) is 20.9 Å². The van der Waals surface area contributed by atoms with Gasteiger partial charge in [-0.15, -0.1) is 0 Å². The monoisotopic (exact) mass is 664 g/mol. The Morgan fingerprint density at radius 2 is 1.38 bits per heavy atom. The lowest BCUT2D eigenvalue weighted by Gasteiger charge is -2.38. The van der Waals surface area contributed by atoms with Crippen LogP contribution in [0, 0.1) is 5.92 Å². The molecule has 0 aromatic heterocycles. The summed E-state index contributed by atoms with van der Waals surface area (Å²) < 4.78 is 0. The lowest BCUT2D eigenvalue weighted by Crippen LogP contribution is -2.60. The van der Waals surface area contributed by atoms with Gasteiger partial charge in [0.05, 0.1) is 12.0 Å². The normalized spacial score (nSPS) is 17.1. The van der Waals surface area contributed by atoms with Gasteiger partial charge in [0.25, 0.3) is 0 Å². The Bertz CT molecular complexity index is 1300. The van der Waals surface area contributed by atoms with Gasteiger partial charge in [-0.1, -0.05) is 80.9 Å². The van der Waals surface area contributed by atoms with Crippen LogP contribution < -0.4 is 27.4 Å². The van der Waals surface area contributed by atoms with Crippen LogP contribution in [-0.2, 0) is 32.0 Å². The third kappa shape index (κ3) is 12.4. The maximum Gasteiger partial charge on any atom is 0.475 e. The van der Waals surface area contributed by atoms with Gasteiger partial charge in [-0.2, -0.15) is 0 Å². The molecule has 1 aliphatic rings. The standard InChI is InChI=1S/C35H53BN6O6/c1-24(2)21-29(33(44)39-28(17-9-11-19-37)35(46)42-20-12-10-18-31(42)36(47)48)41-34(45)30(23-26-15-7-4-8-16-26)40-32(43)27(38)22-25-13-5-3-6-14-25/h3-8,13-16,24,27-31,47-48H,9-12,17-23,37-38H2,1-2H3,(H,39,44)(H,40,43)(H,41,45)/t27-,28-,29-,30-,31+/m1/s1. The van der Waals surface area contributed by atoms with Crippen molar-refractivity contribution in [2.45, 2.75) is 102 Å². The highest BCUT2D eigenvalue weighted by molar-refractivity contribution is 6.43. The van der Waals surface area contributed by atoms with E-state index in [4.69, 9.17) is 11.5 Å². The van der Waals surface area contributed by atoms with Crippen LogP contribution in [0.25, 0.3) is 0 Å². The summed E-state index contributed by atoms with van der Waals surface area (Å²) in [5.41, 5.74) is 13.6. The van der Waals surface area contributed by atoms with Crippen LogP contribution in [-0.4, -0.2) is 88.9 Å². The van der Waals surface area contributed by atoms with E-state index in [0.717, 1.165) is 17.5 Å². The van der Waals surface area contributed by atoms with E-state index in [1.54, 1.807) is 0 Å². The van der Waals surface area contributed by atoms with E-state index in [-0.39, 0.29) is 25.2 Å². The van der Waals surface area contributed by atoms with E-state index in [1.807, 2.05) is 74.5 Å². The molecular formula is C35H53BN6O6. The van der Waals surface area contributed by atoms with Crippen molar-refractivity contribution >= 4 is 30.7 Å². The molecule has 12 nitrogen and oxygen atoms in total. The molecule has 262 valence electrons. The molecule has 2 aromatic rings. The van der Waals surface area contributed by atoms with Crippen LogP contribution in [0.3, 0.4) is 0 Å². The predicted octanol–water partition coefficient (Wildman–Crippen LogP) is 0.822. The molecule has 0 saturated carbocycles. The fraction of sp³-hybridized carbons (Fsp3) is 0.543. The van der Waals surface area contributed by atoms with Crippen molar-refractivity contribution in [3.8, 4) is 0 Å². The number of amides is 4. The van der Waals surface area contributed by atoms with Crippen LogP contribution in [0.1, 0.15) is 69.9 Å². The molecule has 3 rings (SSSR count). The van der Waals surface area contributed by atoms with Gasteiger partial charge in [0.1, 0.15) is 18.1 Å². The highest BCUT2D eigenvalue weighted by atomic mass is 16.4. The molecule has 0 unspecified atom stereocenters. The first-order valence-corrected chi connectivity index (χ1v) is 17.1. The molecular weight excluding hydrogens is 611 g/mol. The quantitative estimate of drug-likeness (QED) is 0.0897. The molecule has 0 spiro atoms. The molecule has 1 heterocycles. The van der Waals surface area contributed by atoms with E-state index in [2.05, 4.69) is 16.0 Å². The van der Waals surface area contributed by atoms with E-state index in [9.17, 15) is 29.2 Å². The van der Waals surface area contributed by atoms with Gasteiger partial charge >= 0.3 is 7.12 Å². The van der Waals surface area contributed by atoms with Gasteiger partial charge < -0.3 is 42.4 Å². The maximum atomic E-state index is 13.9. The number of benzene rings is 2. The topological polar surface area (TPSA) is 200 Å². The van der Waals surface area contributed by atoms with E-state index in [0.29, 0.717) is 45.2 Å². The third-order valence-electron chi connectivity index (χ3n) is 8.63. The molecule has 13 heteroatoms. The summed E-state index contributed by atoms with van der Waals surface area (Å²) in [5, 5.41) is 28.4. The number of nitrogens with two attached hydrogens (primary N) is 2. The minimum Gasteiger partial charge on any atom is -0.426 e. The molecule has 0 bridgehead atoms. The van der Waals surface area contributed by atoms with Crippen molar-refractivity contribution < 1.29 is 29.2 Å². The molecule has 1 fully saturated rings. The van der Waals surface area contributed by atoms with Crippen LogP contribution in [0.2, 0.25) is 0 Å². The van der Waals surface area contributed by atoms with Crippen molar-refractivity contribution in [2.75, 3.05) is 13.1 Å². The summed E-state index contributed by atoms with van der Waals surface area (Å²) in [7, 11) is -1.69.